The molecule has 0 aliphatic heterocycles. The van der Waals surface area contributed by atoms with Crippen LogP contribution in [0.5, 0.6) is 0 Å². The lowest BCUT2D eigenvalue weighted by molar-refractivity contribution is 0.590. The first kappa shape index (κ1) is 15.7. The van der Waals surface area contributed by atoms with Crippen LogP contribution in [0.15, 0.2) is 61.1 Å². The minimum atomic E-state index is -0.0140. The Labute approximate surface area is 141 Å². The van der Waals surface area contributed by atoms with Gasteiger partial charge in [-0.25, -0.2) is 0 Å². The van der Waals surface area contributed by atoms with Gasteiger partial charge >= 0.3 is 0 Å². The zero-order chi connectivity index (χ0) is 16.1. The third kappa shape index (κ3) is 3.97. The van der Waals surface area contributed by atoms with E-state index in [2.05, 4.69) is 34.6 Å². The number of aromatic nitrogens is 3. The maximum absolute atomic E-state index is 6.15. The number of benzene rings is 1. The molecule has 4 nitrogen and oxygen atoms in total. The number of halogens is 1. The summed E-state index contributed by atoms with van der Waals surface area (Å²) in [5.74, 6) is 0. The number of hydrogen-bond donors (Lipinski definition) is 1. The standard InChI is InChI=1S/C18H19ClN4/c1-2-23-13-14(12-22-23)11-21-18(17-8-3-4-9-20-17)15-6-5-7-16(19)10-15/h3-10,12-13,18,21H,2,11H2,1H3. The Kier molecular flexibility index (Phi) is 5.05. The molecule has 0 spiro atoms. The zero-order valence-electron chi connectivity index (χ0n) is 13.0. The van der Waals surface area contributed by atoms with Crippen LogP contribution in [-0.4, -0.2) is 14.8 Å². The lowest BCUT2D eigenvalue weighted by atomic mass is 10.0. The van der Waals surface area contributed by atoms with Crippen molar-refractivity contribution in [1.82, 2.24) is 20.1 Å². The summed E-state index contributed by atoms with van der Waals surface area (Å²) in [7, 11) is 0. The summed E-state index contributed by atoms with van der Waals surface area (Å²) < 4.78 is 1.92. The van der Waals surface area contributed by atoms with E-state index >= 15 is 0 Å². The van der Waals surface area contributed by atoms with Crippen LogP contribution in [0.25, 0.3) is 0 Å². The van der Waals surface area contributed by atoms with Crippen molar-refractivity contribution in [3.05, 3.63) is 82.9 Å². The van der Waals surface area contributed by atoms with Crippen LogP contribution < -0.4 is 5.32 Å². The molecule has 1 unspecified atom stereocenters. The van der Waals surface area contributed by atoms with E-state index in [-0.39, 0.29) is 6.04 Å². The third-order valence-corrected chi connectivity index (χ3v) is 3.92. The molecule has 0 saturated heterocycles. The number of nitrogens with zero attached hydrogens (tertiary/aromatic N) is 3. The first-order valence-corrected chi connectivity index (χ1v) is 8.05. The smallest absolute Gasteiger partial charge is 0.0754 e. The van der Waals surface area contributed by atoms with Gasteiger partial charge in [0.15, 0.2) is 0 Å². The number of hydrogen-bond acceptors (Lipinski definition) is 3. The molecular formula is C18H19ClN4. The van der Waals surface area contributed by atoms with Crippen molar-refractivity contribution in [2.24, 2.45) is 0 Å². The lowest BCUT2D eigenvalue weighted by Crippen LogP contribution is -2.22. The van der Waals surface area contributed by atoms with E-state index in [1.54, 1.807) is 0 Å². The first-order valence-electron chi connectivity index (χ1n) is 7.67. The average Bonchev–Trinajstić information content (AvgIpc) is 3.04. The highest BCUT2D eigenvalue weighted by atomic mass is 35.5. The van der Waals surface area contributed by atoms with Crippen LogP contribution in [-0.2, 0) is 13.1 Å². The van der Waals surface area contributed by atoms with Gasteiger partial charge in [0, 0.05) is 36.1 Å². The molecule has 1 aromatic carbocycles. The molecule has 2 aromatic heterocycles. The predicted molar refractivity (Wildman–Crippen MR) is 92.3 cm³/mol. The molecule has 0 aliphatic carbocycles. The Morgan fingerprint density at radius 1 is 1.22 bits per heavy atom. The van der Waals surface area contributed by atoms with Crippen LogP contribution in [0.1, 0.15) is 29.8 Å². The molecule has 0 radical (unpaired) electrons. The van der Waals surface area contributed by atoms with E-state index in [1.165, 1.54) is 0 Å². The fourth-order valence-electron chi connectivity index (χ4n) is 2.52. The zero-order valence-corrected chi connectivity index (χ0v) is 13.7. The molecule has 2 heterocycles. The van der Waals surface area contributed by atoms with Crippen molar-refractivity contribution < 1.29 is 0 Å². The van der Waals surface area contributed by atoms with Crippen molar-refractivity contribution >= 4 is 11.6 Å². The SMILES string of the molecule is CCn1cc(CNC(c2cccc(Cl)c2)c2ccccn2)cn1. The highest BCUT2D eigenvalue weighted by Gasteiger charge is 2.15. The van der Waals surface area contributed by atoms with Gasteiger partial charge in [-0.1, -0.05) is 29.8 Å². The monoisotopic (exact) mass is 326 g/mol. The highest BCUT2D eigenvalue weighted by molar-refractivity contribution is 6.30. The molecule has 1 N–H and O–H groups in total. The number of nitrogens with one attached hydrogen (secondary N) is 1. The molecule has 0 aliphatic rings. The van der Waals surface area contributed by atoms with Crippen molar-refractivity contribution in [3.63, 3.8) is 0 Å². The second-order valence-corrected chi connectivity index (χ2v) is 5.76. The van der Waals surface area contributed by atoms with Gasteiger partial charge < -0.3 is 5.32 Å². The quantitative estimate of drug-likeness (QED) is 0.748. The summed E-state index contributed by atoms with van der Waals surface area (Å²) in [6.45, 7) is 3.67. The molecular weight excluding hydrogens is 308 g/mol. The van der Waals surface area contributed by atoms with Crippen LogP contribution in [0.2, 0.25) is 5.02 Å². The highest BCUT2D eigenvalue weighted by Crippen LogP contribution is 2.23. The Balaban J connectivity index is 1.83. The van der Waals surface area contributed by atoms with E-state index in [0.717, 1.165) is 28.4 Å². The number of pyridine rings is 1. The van der Waals surface area contributed by atoms with Gasteiger partial charge in [-0.15, -0.1) is 0 Å². The van der Waals surface area contributed by atoms with E-state index < -0.39 is 0 Å². The average molecular weight is 327 g/mol. The molecule has 0 bridgehead atoms. The fraction of sp³-hybridized carbons (Fsp3) is 0.222. The Bertz CT molecular complexity index is 754. The predicted octanol–water partition coefficient (Wildman–Crippen LogP) is 3.83. The third-order valence-electron chi connectivity index (χ3n) is 3.69. The second kappa shape index (κ2) is 7.40. The summed E-state index contributed by atoms with van der Waals surface area (Å²) in [5.41, 5.74) is 3.21. The van der Waals surface area contributed by atoms with Crippen molar-refractivity contribution in [2.75, 3.05) is 0 Å². The fourth-order valence-corrected chi connectivity index (χ4v) is 2.72. The van der Waals surface area contributed by atoms with E-state index in [1.807, 2.05) is 53.5 Å². The maximum atomic E-state index is 6.15. The molecule has 5 heteroatoms. The lowest BCUT2D eigenvalue weighted by Gasteiger charge is -2.18. The molecule has 0 saturated carbocycles. The summed E-state index contributed by atoms with van der Waals surface area (Å²) in [6, 6.07) is 13.8. The second-order valence-electron chi connectivity index (χ2n) is 5.33. The van der Waals surface area contributed by atoms with Gasteiger partial charge in [-0.2, -0.15) is 5.10 Å². The summed E-state index contributed by atoms with van der Waals surface area (Å²) in [4.78, 5) is 4.49. The summed E-state index contributed by atoms with van der Waals surface area (Å²) in [5, 5.41) is 8.60. The molecule has 1 atom stereocenters. The normalized spacial score (nSPS) is 12.3. The number of rotatable bonds is 6. The molecule has 0 fully saturated rings. The van der Waals surface area contributed by atoms with Gasteiger partial charge in [-0.3, -0.25) is 9.67 Å². The first-order chi connectivity index (χ1) is 11.3. The van der Waals surface area contributed by atoms with Gasteiger partial charge in [0.25, 0.3) is 0 Å². The van der Waals surface area contributed by atoms with E-state index in [4.69, 9.17) is 11.6 Å². The molecule has 0 amide bonds. The van der Waals surface area contributed by atoms with Crippen LogP contribution in [0, 0.1) is 0 Å². The van der Waals surface area contributed by atoms with Crippen LogP contribution >= 0.6 is 11.6 Å². The van der Waals surface area contributed by atoms with Crippen LogP contribution in [0.4, 0.5) is 0 Å². The Morgan fingerprint density at radius 3 is 2.83 bits per heavy atom. The summed E-state index contributed by atoms with van der Waals surface area (Å²) in [6.07, 6.45) is 5.76. The molecule has 3 aromatic rings. The molecule has 118 valence electrons. The van der Waals surface area contributed by atoms with Crippen molar-refractivity contribution in [2.45, 2.75) is 26.1 Å². The van der Waals surface area contributed by atoms with Gasteiger partial charge in [0.1, 0.15) is 0 Å². The maximum Gasteiger partial charge on any atom is 0.0754 e. The van der Waals surface area contributed by atoms with Crippen molar-refractivity contribution in [1.29, 1.82) is 0 Å². The Morgan fingerprint density at radius 2 is 2.13 bits per heavy atom. The van der Waals surface area contributed by atoms with Gasteiger partial charge in [0.05, 0.1) is 17.9 Å². The van der Waals surface area contributed by atoms with Crippen LogP contribution in [0.3, 0.4) is 0 Å². The topological polar surface area (TPSA) is 42.7 Å². The molecule has 23 heavy (non-hydrogen) atoms. The largest absolute Gasteiger partial charge is 0.301 e. The minimum absolute atomic E-state index is 0.0140. The van der Waals surface area contributed by atoms with E-state index in [9.17, 15) is 0 Å². The summed E-state index contributed by atoms with van der Waals surface area (Å²) >= 11 is 6.15. The Hall–Kier alpha value is -2.17. The number of aryl methyl sites for hydroxylation is 1. The van der Waals surface area contributed by atoms with Gasteiger partial charge in [-0.05, 0) is 36.8 Å². The minimum Gasteiger partial charge on any atom is -0.301 e. The molecule has 3 rings (SSSR count). The van der Waals surface area contributed by atoms with Crippen molar-refractivity contribution in [3.8, 4) is 0 Å². The van der Waals surface area contributed by atoms with Gasteiger partial charge in [0.2, 0.25) is 0 Å². The van der Waals surface area contributed by atoms with E-state index in [0.29, 0.717) is 6.54 Å².